The van der Waals surface area contributed by atoms with E-state index in [0.29, 0.717) is 13.1 Å². The summed E-state index contributed by atoms with van der Waals surface area (Å²) in [4.78, 5) is 29.5. The maximum absolute atomic E-state index is 12.0. The summed E-state index contributed by atoms with van der Waals surface area (Å²) in [7, 11) is 1.62. The zero-order chi connectivity index (χ0) is 14.4. The van der Waals surface area contributed by atoms with E-state index in [1.165, 1.54) is 23.2 Å². The Balaban J connectivity index is 2.87. The molecule has 1 heterocycles. The Hall–Kier alpha value is -2.18. The van der Waals surface area contributed by atoms with Crippen molar-refractivity contribution in [1.82, 2.24) is 9.88 Å². The summed E-state index contributed by atoms with van der Waals surface area (Å²) in [6, 6.07) is 2.88. The van der Waals surface area contributed by atoms with Gasteiger partial charge >= 0.3 is 5.69 Å². The van der Waals surface area contributed by atoms with Crippen molar-refractivity contribution in [3.63, 3.8) is 0 Å². The first kappa shape index (κ1) is 14.9. The molecule has 1 aromatic heterocycles. The number of hydrogen-bond acceptors (Lipinski definition) is 5. The third kappa shape index (κ3) is 3.64. The number of carbonyl (C=O) groups excluding carboxylic acids is 1. The normalized spacial score (nSPS) is 10.1. The number of carbonyl (C=O) groups is 1. The number of nitrogens with zero attached hydrogens (tertiary/aromatic N) is 4. The monoisotopic (exact) mass is 266 g/mol. The van der Waals surface area contributed by atoms with E-state index >= 15 is 0 Å². The van der Waals surface area contributed by atoms with Gasteiger partial charge in [0.25, 0.3) is 0 Å². The minimum atomic E-state index is -0.499. The molecule has 0 spiro atoms. The van der Waals surface area contributed by atoms with Crippen molar-refractivity contribution in [2.24, 2.45) is 0 Å². The number of anilines is 1. The van der Waals surface area contributed by atoms with E-state index in [-0.39, 0.29) is 24.0 Å². The van der Waals surface area contributed by atoms with Crippen LogP contribution in [0, 0.1) is 10.1 Å². The van der Waals surface area contributed by atoms with Gasteiger partial charge in [-0.25, -0.2) is 4.98 Å². The second-order valence-corrected chi connectivity index (χ2v) is 4.03. The van der Waals surface area contributed by atoms with Crippen molar-refractivity contribution >= 4 is 17.4 Å². The highest BCUT2D eigenvalue weighted by atomic mass is 16.6. The number of pyridine rings is 1. The largest absolute Gasteiger partial charge is 0.345 e. The van der Waals surface area contributed by atoms with Crippen LogP contribution in [-0.4, -0.2) is 47.4 Å². The molecule has 1 amide bonds. The van der Waals surface area contributed by atoms with Crippen molar-refractivity contribution in [3.8, 4) is 0 Å². The molecule has 0 aliphatic rings. The third-order valence-corrected chi connectivity index (χ3v) is 2.81. The molecule has 0 saturated carbocycles. The second-order valence-electron chi connectivity index (χ2n) is 4.03. The number of likely N-dealkylation sites (N-methyl/N-ethyl adjacent to an activating group) is 2. The highest BCUT2D eigenvalue weighted by Crippen LogP contribution is 2.23. The van der Waals surface area contributed by atoms with Crippen LogP contribution in [0.5, 0.6) is 0 Å². The van der Waals surface area contributed by atoms with Crippen molar-refractivity contribution in [1.29, 1.82) is 0 Å². The van der Waals surface area contributed by atoms with E-state index in [0.717, 1.165) is 0 Å². The lowest BCUT2D eigenvalue weighted by Gasteiger charge is -2.23. The first-order valence-corrected chi connectivity index (χ1v) is 6.09. The minimum Gasteiger partial charge on any atom is -0.345 e. The smallest absolute Gasteiger partial charge is 0.311 e. The summed E-state index contributed by atoms with van der Waals surface area (Å²) >= 11 is 0. The van der Waals surface area contributed by atoms with Crippen LogP contribution in [0.3, 0.4) is 0 Å². The number of aromatic nitrogens is 1. The molecule has 1 aromatic rings. The van der Waals surface area contributed by atoms with Gasteiger partial charge in [-0.1, -0.05) is 0 Å². The minimum absolute atomic E-state index is 0.0690. The first-order valence-electron chi connectivity index (χ1n) is 6.09. The quantitative estimate of drug-likeness (QED) is 0.572. The molecule has 19 heavy (non-hydrogen) atoms. The Morgan fingerprint density at radius 1 is 1.42 bits per heavy atom. The van der Waals surface area contributed by atoms with Gasteiger partial charge in [-0.3, -0.25) is 14.9 Å². The predicted octanol–water partition coefficient (Wildman–Crippen LogP) is 1.29. The molecule has 0 bridgehead atoms. The summed E-state index contributed by atoms with van der Waals surface area (Å²) in [6.07, 6.45) is 1.47. The van der Waals surface area contributed by atoms with Crippen molar-refractivity contribution in [3.05, 3.63) is 28.4 Å². The molecular formula is C12H18N4O3. The van der Waals surface area contributed by atoms with Crippen LogP contribution in [-0.2, 0) is 4.79 Å². The fourth-order valence-electron chi connectivity index (χ4n) is 1.78. The van der Waals surface area contributed by atoms with E-state index < -0.39 is 4.92 Å². The van der Waals surface area contributed by atoms with Crippen LogP contribution in [0.4, 0.5) is 11.5 Å². The summed E-state index contributed by atoms with van der Waals surface area (Å²) in [5.41, 5.74) is -0.0997. The third-order valence-electron chi connectivity index (χ3n) is 2.81. The summed E-state index contributed by atoms with van der Waals surface area (Å²) in [6.45, 7) is 5.09. The molecule has 0 saturated heterocycles. The molecule has 7 nitrogen and oxygen atoms in total. The summed E-state index contributed by atoms with van der Waals surface area (Å²) in [5.74, 6) is 0.125. The predicted molar refractivity (Wildman–Crippen MR) is 72.1 cm³/mol. The van der Waals surface area contributed by atoms with Gasteiger partial charge in [-0.2, -0.15) is 0 Å². The van der Waals surface area contributed by atoms with E-state index in [4.69, 9.17) is 0 Å². The average Bonchev–Trinajstić information content (AvgIpc) is 2.40. The molecule has 0 aliphatic heterocycles. The van der Waals surface area contributed by atoms with Gasteiger partial charge in [-0.15, -0.1) is 0 Å². The van der Waals surface area contributed by atoms with Crippen LogP contribution in [0.25, 0.3) is 0 Å². The number of amides is 1. The van der Waals surface area contributed by atoms with Crippen molar-refractivity contribution in [2.45, 2.75) is 13.8 Å². The fourth-order valence-corrected chi connectivity index (χ4v) is 1.78. The van der Waals surface area contributed by atoms with Crippen molar-refractivity contribution < 1.29 is 9.72 Å². The molecule has 0 radical (unpaired) electrons. The molecule has 7 heteroatoms. The highest BCUT2D eigenvalue weighted by molar-refractivity contribution is 5.81. The van der Waals surface area contributed by atoms with E-state index in [1.54, 1.807) is 11.9 Å². The fraction of sp³-hybridized carbons (Fsp3) is 0.500. The average molecular weight is 266 g/mol. The van der Waals surface area contributed by atoms with Crippen LogP contribution in [0.1, 0.15) is 13.8 Å². The van der Waals surface area contributed by atoms with Gasteiger partial charge < -0.3 is 9.80 Å². The van der Waals surface area contributed by atoms with Crippen LogP contribution < -0.4 is 4.90 Å². The van der Waals surface area contributed by atoms with Gasteiger partial charge in [-0.05, 0) is 19.9 Å². The van der Waals surface area contributed by atoms with Crippen molar-refractivity contribution in [2.75, 3.05) is 31.6 Å². The zero-order valence-corrected chi connectivity index (χ0v) is 11.4. The van der Waals surface area contributed by atoms with Crippen LogP contribution >= 0.6 is 0 Å². The molecule has 104 valence electrons. The molecule has 0 aliphatic carbocycles. The van der Waals surface area contributed by atoms with Gasteiger partial charge in [0.05, 0.1) is 11.5 Å². The Kier molecular flexibility index (Phi) is 5.23. The molecule has 0 aromatic carbocycles. The van der Waals surface area contributed by atoms with Gasteiger partial charge in [0.1, 0.15) is 0 Å². The second kappa shape index (κ2) is 6.67. The van der Waals surface area contributed by atoms with Crippen LogP contribution in [0.2, 0.25) is 0 Å². The first-order chi connectivity index (χ1) is 9.01. The van der Waals surface area contributed by atoms with Crippen LogP contribution in [0.15, 0.2) is 18.3 Å². The Morgan fingerprint density at radius 2 is 2.05 bits per heavy atom. The lowest BCUT2D eigenvalue weighted by Crippen LogP contribution is -2.39. The zero-order valence-electron chi connectivity index (χ0n) is 11.4. The molecule has 0 fully saturated rings. The molecular weight excluding hydrogens is 248 g/mol. The van der Waals surface area contributed by atoms with Gasteiger partial charge in [0.15, 0.2) is 0 Å². The van der Waals surface area contributed by atoms with E-state index in [9.17, 15) is 14.9 Å². The Bertz CT molecular complexity index is 460. The maximum atomic E-state index is 12.0. The number of rotatable bonds is 6. The molecule has 0 unspecified atom stereocenters. The highest BCUT2D eigenvalue weighted by Gasteiger charge is 2.21. The lowest BCUT2D eigenvalue weighted by molar-refractivity contribution is -0.384. The summed E-state index contributed by atoms with van der Waals surface area (Å²) in [5, 5.41) is 10.9. The maximum Gasteiger partial charge on any atom is 0.311 e. The lowest BCUT2D eigenvalue weighted by atomic mass is 10.3. The van der Waals surface area contributed by atoms with Gasteiger partial charge in [0, 0.05) is 32.4 Å². The Morgan fingerprint density at radius 3 is 2.58 bits per heavy atom. The standard InChI is InChI=1S/C12H18N4O3/c1-4-15(5-2)11(17)9-14(3)12-10(16(18)19)7-6-8-13-12/h6-8H,4-5,9H2,1-3H3. The number of nitro groups is 1. The SMILES string of the molecule is CCN(CC)C(=O)CN(C)c1ncccc1[N+](=O)[O-]. The van der Waals surface area contributed by atoms with E-state index in [2.05, 4.69) is 4.98 Å². The molecule has 1 rings (SSSR count). The summed E-state index contributed by atoms with van der Waals surface area (Å²) < 4.78 is 0. The Labute approximate surface area is 112 Å². The molecule has 0 atom stereocenters. The topological polar surface area (TPSA) is 79.6 Å². The van der Waals surface area contributed by atoms with Gasteiger partial charge in [0.2, 0.25) is 11.7 Å². The molecule has 0 N–H and O–H groups in total. The number of hydrogen-bond donors (Lipinski definition) is 0. The van der Waals surface area contributed by atoms with E-state index in [1.807, 2.05) is 13.8 Å².